The van der Waals surface area contributed by atoms with Crippen LogP contribution in [-0.4, -0.2) is 46.1 Å². The SMILES string of the molecule is COc1ccc(C[C@H](C[C@H](O)[C@H](Cc2ccccc2)NC(=O)c2cnc3ccccc3n2)C(N)=O)cc1. The number of methoxy groups -OCH3 is 1. The third-order valence-electron chi connectivity index (χ3n) is 6.33. The fraction of sp³-hybridized carbons (Fsp3) is 0.241. The van der Waals surface area contributed by atoms with Crippen LogP contribution in [0.25, 0.3) is 11.0 Å². The number of ether oxygens (including phenoxy) is 1. The van der Waals surface area contributed by atoms with Gasteiger partial charge in [0.1, 0.15) is 11.4 Å². The van der Waals surface area contributed by atoms with E-state index in [-0.39, 0.29) is 12.1 Å². The summed E-state index contributed by atoms with van der Waals surface area (Å²) < 4.78 is 5.19. The molecule has 4 N–H and O–H groups in total. The zero-order valence-corrected chi connectivity index (χ0v) is 20.6. The number of fused-ring (bicyclic) bond motifs is 1. The van der Waals surface area contributed by atoms with Gasteiger partial charge in [0.2, 0.25) is 5.91 Å². The first-order chi connectivity index (χ1) is 17.9. The number of nitrogens with one attached hydrogen (secondary N) is 1. The molecule has 3 atom stereocenters. The number of carbonyl (C=O) groups is 2. The second kappa shape index (κ2) is 12.1. The predicted octanol–water partition coefficient (Wildman–Crippen LogP) is 3.07. The summed E-state index contributed by atoms with van der Waals surface area (Å²) >= 11 is 0. The van der Waals surface area contributed by atoms with Crippen molar-refractivity contribution in [3.63, 3.8) is 0 Å². The van der Waals surface area contributed by atoms with Gasteiger partial charge in [-0.05, 0) is 54.7 Å². The Morgan fingerprint density at radius 2 is 1.57 bits per heavy atom. The lowest BCUT2D eigenvalue weighted by atomic mass is 9.89. The summed E-state index contributed by atoms with van der Waals surface area (Å²) in [6, 6.07) is 23.5. The highest BCUT2D eigenvalue weighted by molar-refractivity contribution is 5.94. The van der Waals surface area contributed by atoms with Crippen molar-refractivity contribution in [2.75, 3.05) is 7.11 Å². The average Bonchev–Trinajstić information content (AvgIpc) is 2.92. The van der Waals surface area contributed by atoms with E-state index in [2.05, 4.69) is 15.3 Å². The molecule has 2 amide bonds. The Morgan fingerprint density at radius 1 is 0.919 bits per heavy atom. The summed E-state index contributed by atoms with van der Waals surface area (Å²) in [5, 5.41) is 14.1. The van der Waals surface area contributed by atoms with E-state index in [1.807, 2.05) is 72.8 Å². The van der Waals surface area contributed by atoms with Crippen LogP contribution < -0.4 is 15.8 Å². The molecule has 0 bridgehead atoms. The number of aliphatic hydroxyl groups excluding tert-OH is 1. The molecule has 1 aromatic heterocycles. The predicted molar refractivity (Wildman–Crippen MR) is 141 cm³/mol. The molecule has 4 rings (SSSR count). The number of hydrogen-bond acceptors (Lipinski definition) is 6. The van der Waals surface area contributed by atoms with E-state index in [0.717, 1.165) is 11.1 Å². The van der Waals surface area contributed by atoms with Gasteiger partial charge in [-0.15, -0.1) is 0 Å². The lowest BCUT2D eigenvalue weighted by molar-refractivity contribution is -0.122. The highest BCUT2D eigenvalue weighted by Crippen LogP contribution is 2.20. The number of amides is 2. The molecule has 4 aromatic rings. The maximum Gasteiger partial charge on any atom is 0.271 e. The van der Waals surface area contributed by atoms with Crippen molar-refractivity contribution in [2.45, 2.75) is 31.4 Å². The smallest absolute Gasteiger partial charge is 0.271 e. The Labute approximate surface area is 215 Å². The van der Waals surface area contributed by atoms with E-state index in [1.165, 1.54) is 6.20 Å². The molecule has 0 fully saturated rings. The summed E-state index contributed by atoms with van der Waals surface area (Å²) in [7, 11) is 1.59. The van der Waals surface area contributed by atoms with Crippen molar-refractivity contribution in [3.05, 3.63) is 102 Å². The van der Waals surface area contributed by atoms with Gasteiger partial charge in [-0.3, -0.25) is 14.6 Å². The Kier molecular flexibility index (Phi) is 8.43. The molecule has 3 aromatic carbocycles. The topological polar surface area (TPSA) is 127 Å². The minimum absolute atomic E-state index is 0.0859. The van der Waals surface area contributed by atoms with Crippen LogP contribution in [0.3, 0.4) is 0 Å². The molecule has 8 nitrogen and oxygen atoms in total. The number of primary amides is 1. The van der Waals surface area contributed by atoms with Crippen LogP contribution in [0.4, 0.5) is 0 Å². The maximum atomic E-state index is 13.1. The highest BCUT2D eigenvalue weighted by Gasteiger charge is 2.28. The monoisotopic (exact) mass is 498 g/mol. The van der Waals surface area contributed by atoms with Gasteiger partial charge >= 0.3 is 0 Å². The fourth-order valence-electron chi connectivity index (χ4n) is 4.26. The van der Waals surface area contributed by atoms with E-state index >= 15 is 0 Å². The van der Waals surface area contributed by atoms with Gasteiger partial charge in [-0.1, -0.05) is 54.6 Å². The Hall–Kier alpha value is -4.30. The fourth-order valence-corrected chi connectivity index (χ4v) is 4.26. The number of hydrogen-bond donors (Lipinski definition) is 3. The molecule has 8 heteroatoms. The van der Waals surface area contributed by atoms with Crippen LogP contribution in [0.5, 0.6) is 5.75 Å². The number of nitrogens with zero attached hydrogens (tertiary/aromatic N) is 2. The third kappa shape index (κ3) is 6.89. The van der Waals surface area contributed by atoms with Crippen molar-refractivity contribution >= 4 is 22.8 Å². The Bertz CT molecular complexity index is 1350. The second-order valence-electron chi connectivity index (χ2n) is 8.97. The first kappa shape index (κ1) is 25.8. The quantitative estimate of drug-likeness (QED) is 0.292. The van der Waals surface area contributed by atoms with E-state index < -0.39 is 29.9 Å². The molecule has 0 aliphatic heterocycles. The molecule has 1 heterocycles. The van der Waals surface area contributed by atoms with Gasteiger partial charge in [-0.2, -0.15) is 0 Å². The van der Waals surface area contributed by atoms with E-state index in [0.29, 0.717) is 29.6 Å². The Balaban J connectivity index is 1.52. The molecule has 0 saturated carbocycles. The average molecular weight is 499 g/mol. The second-order valence-corrected chi connectivity index (χ2v) is 8.97. The summed E-state index contributed by atoms with van der Waals surface area (Å²) in [4.78, 5) is 34.2. The van der Waals surface area contributed by atoms with Gasteiger partial charge in [0, 0.05) is 5.92 Å². The summed E-state index contributed by atoms with van der Waals surface area (Å²) in [5.74, 6) is -0.884. The number of para-hydroxylation sites is 2. The maximum absolute atomic E-state index is 13.1. The first-order valence-electron chi connectivity index (χ1n) is 12.1. The standard InChI is InChI=1S/C29H30N4O4/c1-37-22-13-11-20(12-14-22)15-21(28(30)35)17-27(34)25(16-19-7-3-2-4-8-19)33-29(36)26-18-31-23-9-5-6-10-24(23)32-26/h2-14,18,21,25,27,34H,15-17H2,1H3,(H2,30,35)(H,33,36)/t21-,25+,27+/m1/s1. The van der Waals surface area contributed by atoms with E-state index in [9.17, 15) is 14.7 Å². The minimum Gasteiger partial charge on any atom is -0.497 e. The normalized spacial score (nSPS) is 13.5. The van der Waals surface area contributed by atoms with Crippen LogP contribution >= 0.6 is 0 Å². The number of rotatable bonds is 11. The van der Waals surface area contributed by atoms with Crippen LogP contribution in [0.2, 0.25) is 0 Å². The molecular weight excluding hydrogens is 468 g/mol. The highest BCUT2D eigenvalue weighted by atomic mass is 16.5. The van der Waals surface area contributed by atoms with Crippen LogP contribution in [0, 0.1) is 5.92 Å². The first-order valence-corrected chi connectivity index (χ1v) is 12.1. The largest absolute Gasteiger partial charge is 0.497 e. The van der Waals surface area contributed by atoms with Gasteiger partial charge in [0.05, 0.1) is 36.5 Å². The third-order valence-corrected chi connectivity index (χ3v) is 6.33. The van der Waals surface area contributed by atoms with Gasteiger partial charge in [0.25, 0.3) is 5.91 Å². The molecule has 0 aliphatic carbocycles. The van der Waals surface area contributed by atoms with Gasteiger partial charge in [-0.25, -0.2) is 4.98 Å². The summed E-state index contributed by atoms with van der Waals surface area (Å²) in [5.41, 5.74) is 8.96. The zero-order valence-electron chi connectivity index (χ0n) is 20.6. The van der Waals surface area contributed by atoms with E-state index in [4.69, 9.17) is 10.5 Å². The molecule has 0 radical (unpaired) electrons. The number of benzene rings is 3. The van der Waals surface area contributed by atoms with Crippen molar-refractivity contribution in [1.29, 1.82) is 0 Å². The molecular formula is C29H30N4O4. The number of carbonyl (C=O) groups excluding carboxylic acids is 2. The summed E-state index contributed by atoms with van der Waals surface area (Å²) in [6.07, 6.45) is 1.19. The number of aliphatic hydroxyl groups is 1. The van der Waals surface area contributed by atoms with Crippen molar-refractivity contribution in [2.24, 2.45) is 11.7 Å². The number of nitrogens with two attached hydrogens (primary N) is 1. The molecule has 0 aliphatic rings. The lowest BCUT2D eigenvalue weighted by Gasteiger charge is -2.27. The van der Waals surface area contributed by atoms with Crippen LogP contribution in [0.1, 0.15) is 28.0 Å². The van der Waals surface area contributed by atoms with Crippen molar-refractivity contribution < 1.29 is 19.4 Å². The van der Waals surface area contributed by atoms with Crippen LogP contribution in [-0.2, 0) is 17.6 Å². The molecule has 190 valence electrons. The molecule has 0 saturated heterocycles. The number of aromatic nitrogens is 2. The van der Waals surface area contributed by atoms with E-state index in [1.54, 1.807) is 13.2 Å². The van der Waals surface area contributed by atoms with Gasteiger partial charge < -0.3 is 20.9 Å². The lowest BCUT2D eigenvalue weighted by Crippen LogP contribution is -2.46. The van der Waals surface area contributed by atoms with Crippen LogP contribution in [0.15, 0.2) is 85.1 Å². The zero-order chi connectivity index (χ0) is 26.2. The van der Waals surface area contributed by atoms with Gasteiger partial charge in [0.15, 0.2) is 0 Å². The Morgan fingerprint density at radius 3 is 2.24 bits per heavy atom. The molecule has 0 unspecified atom stereocenters. The minimum atomic E-state index is -1.03. The molecule has 0 spiro atoms. The molecule has 37 heavy (non-hydrogen) atoms. The summed E-state index contributed by atoms with van der Waals surface area (Å²) in [6.45, 7) is 0. The van der Waals surface area contributed by atoms with Crippen molar-refractivity contribution in [1.82, 2.24) is 15.3 Å². The van der Waals surface area contributed by atoms with Crippen molar-refractivity contribution in [3.8, 4) is 5.75 Å².